The molecule has 6 nitrogen and oxygen atoms in total. The Balaban J connectivity index is 1.84. The largest absolute Gasteiger partial charge is 0.495 e. The van der Waals surface area contributed by atoms with Crippen LogP contribution in [0.5, 0.6) is 5.75 Å². The van der Waals surface area contributed by atoms with Crippen LogP contribution in [0.15, 0.2) is 66.7 Å². The van der Waals surface area contributed by atoms with Gasteiger partial charge >= 0.3 is 0 Å². The summed E-state index contributed by atoms with van der Waals surface area (Å²) in [5.74, 6) is -1.30. The van der Waals surface area contributed by atoms with Crippen molar-refractivity contribution in [2.75, 3.05) is 32.7 Å². The molecule has 2 atom stereocenters. The topological polar surface area (TPSA) is 67.9 Å². The van der Waals surface area contributed by atoms with Crippen molar-refractivity contribution in [2.24, 2.45) is 0 Å². The maximum atomic E-state index is 13.8. The molecule has 0 bridgehead atoms. The third-order valence-electron chi connectivity index (χ3n) is 5.89. The van der Waals surface area contributed by atoms with Gasteiger partial charge in [-0.1, -0.05) is 41.9 Å². The summed E-state index contributed by atoms with van der Waals surface area (Å²) in [6, 6.07) is 17.1. The molecule has 0 fully saturated rings. The molecule has 1 heterocycles. The summed E-state index contributed by atoms with van der Waals surface area (Å²) in [4.78, 5) is 28.9. The van der Waals surface area contributed by atoms with Gasteiger partial charge in [0, 0.05) is 24.2 Å². The van der Waals surface area contributed by atoms with Gasteiger partial charge in [0.1, 0.15) is 11.6 Å². The quantitative estimate of drug-likeness (QED) is 0.511. The minimum atomic E-state index is -0.778. The highest BCUT2D eigenvalue weighted by atomic mass is 35.5. The van der Waals surface area contributed by atoms with E-state index in [2.05, 4.69) is 5.32 Å². The summed E-state index contributed by atoms with van der Waals surface area (Å²) in [6.45, 7) is 0.540. The van der Waals surface area contributed by atoms with Gasteiger partial charge in [0.25, 0.3) is 5.91 Å². The second kappa shape index (κ2) is 10.2. The summed E-state index contributed by atoms with van der Waals surface area (Å²) < 4.78 is 24.3. The van der Waals surface area contributed by atoms with E-state index >= 15 is 0 Å². The van der Waals surface area contributed by atoms with Crippen LogP contribution in [0.1, 0.15) is 33.4 Å². The molecule has 0 radical (unpaired) electrons. The number of hydrogen-bond donors (Lipinski definition) is 1. The molecule has 0 unspecified atom stereocenters. The smallest absolute Gasteiger partial charge is 0.254 e. The van der Waals surface area contributed by atoms with Crippen molar-refractivity contribution >= 4 is 29.1 Å². The Labute approximate surface area is 202 Å². The SMILES string of the molecule is COCCN1C(=O)c2ccccc2[C@@H](C(=O)Nc2cc(Cl)ccc2OC)[C@@H]1c1ccc(F)cc1. The van der Waals surface area contributed by atoms with E-state index in [9.17, 15) is 14.0 Å². The second-order valence-electron chi connectivity index (χ2n) is 7.89. The fourth-order valence-electron chi connectivity index (χ4n) is 4.33. The van der Waals surface area contributed by atoms with Crippen LogP contribution in [0.4, 0.5) is 10.1 Å². The van der Waals surface area contributed by atoms with Gasteiger partial charge < -0.3 is 19.7 Å². The molecule has 1 aliphatic rings. The summed E-state index contributed by atoms with van der Waals surface area (Å²) in [6.07, 6.45) is 0. The van der Waals surface area contributed by atoms with Crippen LogP contribution in [0.25, 0.3) is 0 Å². The summed E-state index contributed by atoms with van der Waals surface area (Å²) >= 11 is 6.15. The summed E-state index contributed by atoms with van der Waals surface area (Å²) in [7, 11) is 3.05. The molecule has 2 amide bonds. The number of carbonyl (C=O) groups is 2. The summed E-state index contributed by atoms with van der Waals surface area (Å²) in [5, 5.41) is 3.36. The number of rotatable bonds is 7. The van der Waals surface area contributed by atoms with Crippen molar-refractivity contribution in [2.45, 2.75) is 12.0 Å². The monoisotopic (exact) mass is 482 g/mol. The molecule has 1 aliphatic heterocycles. The van der Waals surface area contributed by atoms with Crippen molar-refractivity contribution in [1.29, 1.82) is 0 Å². The molecule has 8 heteroatoms. The molecule has 0 saturated carbocycles. The van der Waals surface area contributed by atoms with Crippen molar-refractivity contribution in [1.82, 2.24) is 4.90 Å². The Morgan fingerprint density at radius 3 is 2.53 bits per heavy atom. The maximum Gasteiger partial charge on any atom is 0.254 e. The van der Waals surface area contributed by atoms with E-state index < -0.39 is 17.8 Å². The van der Waals surface area contributed by atoms with Gasteiger partial charge in [0.2, 0.25) is 5.91 Å². The minimum Gasteiger partial charge on any atom is -0.495 e. The summed E-state index contributed by atoms with van der Waals surface area (Å²) in [5.41, 5.74) is 2.08. The third-order valence-corrected chi connectivity index (χ3v) is 6.12. The zero-order valence-corrected chi connectivity index (χ0v) is 19.5. The number of fused-ring (bicyclic) bond motifs is 1. The normalized spacial score (nSPS) is 17.3. The first-order valence-corrected chi connectivity index (χ1v) is 11.1. The molecule has 0 spiro atoms. The van der Waals surface area contributed by atoms with Crippen LogP contribution >= 0.6 is 11.6 Å². The molecule has 0 saturated heterocycles. The van der Waals surface area contributed by atoms with E-state index in [4.69, 9.17) is 21.1 Å². The van der Waals surface area contributed by atoms with E-state index in [1.54, 1.807) is 66.6 Å². The van der Waals surface area contributed by atoms with E-state index in [-0.39, 0.29) is 25.0 Å². The molecular weight excluding hydrogens is 459 g/mol. The van der Waals surface area contributed by atoms with Gasteiger partial charge in [-0.05, 0) is 47.5 Å². The van der Waals surface area contributed by atoms with E-state index in [1.807, 2.05) is 0 Å². The van der Waals surface area contributed by atoms with Crippen molar-refractivity contribution < 1.29 is 23.5 Å². The number of anilines is 1. The van der Waals surface area contributed by atoms with Crippen LogP contribution in [-0.4, -0.2) is 44.1 Å². The van der Waals surface area contributed by atoms with Crippen LogP contribution in [0, 0.1) is 5.82 Å². The van der Waals surface area contributed by atoms with E-state index in [0.29, 0.717) is 33.1 Å². The molecular formula is C26H24ClFN2O4. The van der Waals surface area contributed by atoms with Gasteiger partial charge in [-0.15, -0.1) is 0 Å². The van der Waals surface area contributed by atoms with Gasteiger partial charge in [0.05, 0.1) is 31.4 Å². The first-order valence-electron chi connectivity index (χ1n) is 10.7. The Kier molecular flexibility index (Phi) is 7.14. The van der Waals surface area contributed by atoms with E-state index in [0.717, 1.165) is 0 Å². The molecule has 3 aromatic rings. The highest BCUT2D eigenvalue weighted by Crippen LogP contribution is 2.43. The highest BCUT2D eigenvalue weighted by Gasteiger charge is 2.44. The number of amides is 2. The van der Waals surface area contributed by atoms with Crippen LogP contribution < -0.4 is 10.1 Å². The lowest BCUT2D eigenvalue weighted by molar-refractivity contribution is -0.119. The molecule has 0 aliphatic carbocycles. The first-order chi connectivity index (χ1) is 16.4. The molecule has 34 heavy (non-hydrogen) atoms. The fraction of sp³-hybridized carbons (Fsp3) is 0.231. The van der Waals surface area contributed by atoms with Crippen molar-refractivity contribution in [3.63, 3.8) is 0 Å². The van der Waals surface area contributed by atoms with Crippen LogP contribution in [0.3, 0.4) is 0 Å². The van der Waals surface area contributed by atoms with Gasteiger partial charge in [-0.3, -0.25) is 9.59 Å². The zero-order valence-electron chi connectivity index (χ0n) is 18.8. The first kappa shape index (κ1) is 23.7. The lowest BCUT2D eigenvalue weighted by Gasteiger charge is -2.41. The Hall–Kier alpha value is -3.42. The van der Waals surface area contributed by atoms with Crippen molar-refractivity contribution in [3.8, 4) is 5.75 Å². The zero-order chi connectivity index (χ0) is 24.2. The lowest BCUT2D eigenvalue weighted by Crippen LogP contribution is -2.47. The van der Waals surface area contributed by atoms with Gasteiger partial charge in [-0.2, -0.15) is 0 Å². The number of ether oxygens (including phenoxy) is 2. The Bertz CT molecular complexity index is 1200. The van der Waals surface area contributed by atoms with Crippen LogP contribution in [0.2, 0.25) is 5.02 Å². The molecule has 3 aromatic carbocycles. The second-order valence-corrected chi connectivity index (χ2v) is 8.32. The predicted octanol–water partition coefficient (Wildman–Crippen LogP) is 5.05. The molecule has 0 aromatic heterocycles. The fourth-order valence-corrected chi connectivity index (χ4v) is 4.50. The minimum absolute atomic E-state index is 0.216. The molecule has 176 valence electrons. The Morgan fingerprint density at radius 2 is 1.82 bits per heavy atom. The predicted molar refractivity (Wildman–Crippen MR) is 128 cm³/mol. The average molecular weight is 483 g/mol. The maximum absolute atomic E-state index is 13.8. The van der Waals surface area contributed by atoms with Crippen molar-refractivity contribution in [3.05, 3.63) is 94.3 Å². The number of carbonyl (C=O) groups excluding carboxylic acids is 2. The number of benzene rings is 3. The van der Waals surface area contributed by atoms with Gasteiger partial charge in [0.15, 0.2) is 0 Å². The molecule has 4 rings (SSSR count). The third kappa shape index (κ3) is 4.62. The number of methoxy groups -OCH3 is 2. The van der Waals surface area contributed by atoms with Gasteiger partial charge in [-0.25, -0.2) is 4.39 Å². The number of halogens is 2. The number of nitrogens with zero attached hydrogens (tertiary/aromatic N) is 1. The number of hydrogen-bond acceptors (Lipinski definition) is 4. The lowest BCUT2D eigenvalue weighted by atomic mass is 9.79. The Morgan fingerprint density at radius 1 is 1.09 bits per heavy atom. The standard InChI is InChI=1S/C26H24ClFN2O4/c1-33-14-13-30-24(16-7-10-18(28)11-8-16)23(19-5-3-4-6-20(19)26(30)32)25(31)29-21-15-17(27)9-12-22(21)34-2/h3-12,15,23-24H,13-14H2,1-2H3,(H,29,31)/t23-,24+/m1/s1. The molecule has 1 N–H and O–H groups in total. The highest BCUT2D eigenvalue weighted by molar-refractivity contribution is 6.31. The number of nitrogens with one attached hydrogen (secondary N) is 1. The van der Waals surface area contributed by atoms with E-state index in [1.165, 1.54) is 19.2 Å². The van der Waals surface area contributed by atoms with Crippen LogP contribution in [-0.2, 0) is 9.53 Å². The average Bonchev–Trinajstić information content (AvgIpc) is 2.84.